The van der Waals surface area contributed by atoms with Crippen molar-refractivity contribution in [3.63, 3.8) is 0 Å². The Balaban J connectivity index is 2.22. The fraction of sp³-hybridized carbons (Fsp3) is 0.750. The van der Waals surface area contributed by atoms with E-state index in [1.807, 2.05) is 4.68 Å². The minimum atomic E-state index is -0.0888. The van der Waals surface area contributed by atoms with Crippen LogP contribution in [0.15, 0.2) is 6.20 Å². The van der Waals surface area contributed by atoms with Gasteiger partial charge in [0.25, 0.3) is 0 Å². The molecule has 1 saturated heterocycles. The van der Waals surface area contributed by atoms with Crippen molar-refractivity contribution in [1.29, 1.82) is 0 Å². The predicted molar refractivity (Wildman–Crippen MR) is 68.0 cm³/mol. The smallest absolute Gasteiger partial charge is 0.0834 e. The third-order valence-corrected chi connectivity index (χ3v) is 3.77. The molecule has 0 amide bonds. The predicted octanol–water partition coefficient (Wildman–Crippen LogP) is 2.37. The molecule has 0 aromatic carbocycles. The first-order valence-electron chi connectivity index (χ1n) is 6.23. The van der Waals surface area contributed by atoms with E-state index < -0.39 is 0 Å². The van der Waals surface area contributed by atoms with Crippen LogP contribution in [0.2, 0.25) is 5.02 Å². The van der Waals surface area contributed by atoms with Gasteiger partial charge in [0.1, 0.15) is 0 Å². The number of rotatable bonds is 4. The summed E-state index contributed by atoms with van der Waals surface area (Å²) in [4.78, 5) is 0. The Labute approximate surface area is 107 Å². The second kappa shape index (κ2) is 5.38. The summed E-state index contributed by atoms with van der Waals surface area (Å²) in [5, 5.41) is 4.96. The fourth-order valence-electron chi connectivity index (χ4n) is 2.52. The monoisotopic (exact) mass is 257 g/mol. The van der Waals surface area contributed by atoms with Gasteiger partial charge in [-0.1, -0.05) is 18.5 Å². The number of hydrogen-bond donors (Lipinski definition) is 1. The molecule has 0 spiro atoms. The number of aryl methyl sites for hydroxylation is 1. The molecule has 4 nitrogen and oxygen atoms in total. The lowest BCUT2D eigenvalue weighted by atomic mass is 9.92. The number of aromatic nitrogens is 2. The molecule has 3 unspecified atom stereocenters. The molecule has 17 heavy (non-hydrogen) atoms. The first-order valence-corrected chi connectivity index (χ1v) is 6.61. The highest BCUT2D eigenvalue weighted by atomic mass is 35.5. The van der Waals surface area contributed by atoms with Gasteiger partial charge in [-0.15, -0.1) is 0 Å². The summed E-state index contributed by atoms with van der Waals surface area (Å²) in [7, 11) is 0. The summed E-state index contributed by atoms with van der Waals surface area (Å²) >= 11 is 6.20. The second-order valence-electron chi connectivity index (χ2n) is 4.66. The molecule has 0 bridgehead atoms. The van der Waals surface area contributed by atoms with Gasteiger partial charge in [0.05, 0.1) is 29.1 Å². The lowest BCUT2D eigenvalue weighted by Crippen LogP contribution is -2.29. The summed E-state index contributed by atoms with van der Waals surface area (Å²) in [6.07, 6.45) is 3.91. The normalized spacial score (nSPS) is 26.4. The van der Waals surface area contributed by atoms with Gasteiger partial charge in [-0.05, 0) is 19.8 Å². The highest BCUT2D eigenvalue weighted by Crippen LogP contribution is 2.34. The molecule has 0 aliphatic carbocycles. The van der Waals surface area contributed by atoms with Gasteiger partial charge in [0.2, 0.25) is 0 Å². The molecule has 2 heterocycles. The lowest BCUT2D eigenvalue weighted by Gasteiger charge is -2.23. The molecule has 1 aromatic heterocycles. The van der Waals surface area contributed by atoms with E-state index in [-0.39, 0.29) is 12.1 Å². The molecular weight excluding hydrogens is 238 g/mol. The zero-order chi connectivity index (χ0) is 12.4. The average molecular weight is 258 g/mol. The van der Waals surface area contributed by atoms with Crippen LogP contribution < -0.4 is 5.73 Å². The van der Waals surface area contributed by atoms with Gasteiger partial charge in [-0.25, -0.2) is 0 Å². The van der Waals surface area contributed by atoms with E-state index in [1.165, 1.54) is 0 Å². The minimum Gasteiger partial charge on any atom is -0.378 e. The van der Waals surface area contributed by atoms with Crippen molar-refractivity contribution in [3.8, 4) is 0 Å². The maximum Gasteiger partial charge on any atom is 0.0834 e. The quantitative estimate of drug-likeness (QED) is 0.901. The Morgan fingerprint density at radius 2 is 2.47 bits per heavy atom. The molecule has 3 atom stereocenters. The second-order valence-corrected chi connectivity index (χ2v) is 5.06. The van der Waals surface area contributed by atoms with Crippen LogP contribution in [0.3, 0.4) is 0 Å². The third-order valence-electron chi connectivity index (χ3n) is 3.48. The van der Waals surface area contributed by atoms with Crippen LogP contribution in [0.1, 0.15) is 38.4 Å². The van der Waals surface area contributed by atoms with Crippen molar-refractivity contribution in [2.75, 3.05) is 6.61 Å². The molecule has 5 heteroatoms. The summed E-state index contributed by atoms with van der Waals surface area (Å²) in [5.41, 5.74) is 7.30. The van der Waals surface area contributed by atoms with Crippen LogP contribution in [-0.2, 0) is 11.3 Å². The van der Waals surface area contributed by atoms with Crippen molar-refractivity contribution in [1.82, 2.24) is 9.78 Å². The summed E-state index contributed by atoms with van der Waals surface area (Å²) in [6, 6.07) is -0.0888. The first-order chi connectivity index (χ1) is 8.15. The van der Waals surface area contributed by atoms with Crippen molar-refractivity contribution in [3.05, 3.63) is 16.9 Å². The van der Waals surface area contributed by atoms with Gasteiger partial charge in [0, 0.05) is 19.1 Å². The molecule has 1 aromatic rings. The fourth-order valence-corrected chi connectivity index (χ4v) is 2.78. The zero-order valence-corrected chi connectivity index (χ0v) is 11.2. The third kappa shape index (κ3) is 2.49. The summed E-state index contributed by atoms with van der Waals surface area (Å²) in [6.45, 7) is 5.84. The van der Waals surface area contributed by atoms with Gasteiger partial charge >= 0.3 is 0 Å². The Kier molecular flexibility index (Phi) is 4.07. The van der Waals surface area contributed by atoms with E-state index in [4.69, 9.17) is 22.1 Å². The zero-order valence-electron chi connectivity index (χ0n) is 10.4. The number of nitrogens with two attached hydrogens (primary N) is 1. The van der Waals surface area contributed by atoms with E-state index in [0.29, 0.717) is 10.9 Å². The van der Waals surface area contributed by atoms with Gasteiger partial charge in [-0.3, -0.25) is 4.68 Å². The Hall–Kier alpha value is -0.580. The number of nitrogens with zero attached hydrogens (tertiary/aromatic N) is 2. The SMILES string of the molecule is CCCn1ncc(Cl)c1C(N)C1CCOC1C. The van der Waals surface area contributed by atoms with Crippen molar-refractivity contribution in [2.24, 2.45) is 11.7 Å². The van der Waals surface area contributed by atoms with Crippen molar-refractivity contribution in [2.45, 2.75) is 45.4 Å². The topological polar surface area (TPSA) is 53.1 Å². The molecule has 2 N–H and O–H groups in total. The van der Waals surface area contributed by atoms with Crippen LogP contribution in [-0.4, -0.2) is 22.5 Å². The molecule has 1 aliphatic rings. The summed E-state index contributed by atoms with van der Waals surface area (Å²) in [5.74, 6) is 0.333. The van der Waals surface area contributed by atoms with E-state index in [9.17, 15) is 0 Å². The van der Waals surface area contributed by atoms with Crippen LogP contribution in [0.5, 0.6) is 0 Å². The van der Waals surface area contributed by atoms with Crippen molar-refractivity contribution >= 4 is 11.6 Å². The van der Waals surface area contributed by atoms with E-state index in [0.717, 1.165) is 31.7 Å². The average Bonchev–Trinajstić information content (AvgIpc) is 2.86. The maximum atomic E-state index is 6.34. The number of ether oxygens (including phenoxy) is 1. The van der Waals surface area contributed by atoms with Crippen LogP contribution >= 0.6 is 11.6 Å². The van der Waals surface area contributed by atoms with E-state index >= 15 is 0 Å². The van der Waals surface area contributed by atoms with E-state index in [2.05, 4.69) is 18.9 Å². The van der Waals surface area contributed by atoms with Gasteiger partial charge in [0.15, 0.2) is 0 Å². The minimum absolute atomic E-state index is 0.0888. The number of hydrogen-bond acceptors (Lipinski definition) is 3. The molecule has 0 saturated carbocycles. The molecule has 96 valence electrons. The maximum absolute atomic E-state index is 6.34. The standard InChI is InChI=1S/C12H20ClN3O/c1-3-5-16-12(10(13)7-15-16)11(14)9-4-6-17-8(9)2/h7-9,11H,3-6,14H2,1-2H3. The first kappa shape index (κ1) is 12.9. The van der Waals surface area contributed by atoms with Crippen LogP contribution in [0.25, 0.3) is 0 Å². The van der Waals surface area contributed by atoms with Crippen LogP contribution in [0.4, 0.5) is 0 Å². The Bertz CT molecular complexity index is 380. The van der Waals surface area contributed by atoms with Gasteiger partial charge < -0.3 is 10.5 Å². The molecule has 0 radical (unpaired) electrons. The molecule has 2 rings (SSSR count). The largest absolute Gasteiger partial charge is 0.378 e. The highest BCUT2D eigenvalue weighted by Gasteiger charge is 2.33. The molecule has 1 fully saturated rings. The van der Waals surface area contributed by atoms with E-state index in [1.54, 1.807) is 6.20 Å². The van der Waals surface area contributed by atoms with Gasteiger partial charge in [-0.2, -0.15) is 5.10 Å². The number of halogens is 1. The van der Waals surface area contributed by atoms with Crippen LogP contribution in [0, 0.1) is 5.92 Å². The Morgan fingerprint density at radius 1 is 1.71 bits per heavy atom. The molecule has 1 aliphatic heterocycles. The Morgan fingerprint density at radius 3 is 3.06 bits per heavy atom. The highest BCUT2D eigenvalue weighted by molar-refractivity contribution is 6.31. The lowest BCUT2D eigenvalue weighted by molar-refractivity contribution is 0.0986. The summed E-state index contributed by atoms with van der Waals surface area (Å²) < 4.78 is 7.50. The molecular formula is C12H20ClN3O. The van der Waals surface area contributed by atoms with Crippen molar-refractivity contribution < 1.29 is 4.74 Å².